The molecule has 0 aliphatic heterocycles. The average molecular weight is 345 g/mol. The van der Waals surface area contributed by atoms with Crippen LogP contribution in [-0.2, 0) is 10.2 Å². The van der Waals surface area contributed by atoms with Gasteiger partial charge in [0.2, 0.25) is 5.91 Å². The van der Waals surface area contributed by atoms with E-state index in [0.717, 1.165) is 41.6 Å². The standard InChI is InChI=1S/C20H24N2O.ClH/c1-3-22-14(2)12-13-20(19(21)23)17-10-6-4-8-15(17)16-9-5-7-11-18(16)20;/h4-11,14,22H,3,12-13H2,1-2H3,(H2,21,23);1H. The number of rotatable bonds is 6. The predicted octanol–water partition coefficient (Wildman–Crippen LogP) is 3.64. The van der Waals surface area contributed by atoms with Crippen LogP contribution in [0.3, 0.4) is 0 Å². The number of benzene rings is 2. The van der Waals surface area contributed by atoms with Crippen LogP contribution in [0.4, 0.5) is 0 Å². The Morgan fingerprint density at radius 3 is 2.04 bits per heavy atom. The third-order valence-electron chi connectivity index (χ3n) is 4.99. The number of halogens is 1. The Labute approximate surface area is 150 Å². The lowest BCUT2D eigenvalue weighted by Gasteiger charge is -2.30. The molecule has 3 rings (SSSR count). The van der Waals surface area contributed by atoms with Crippen molar-refractivity contribution in [1.82, 2.24) is 5.32 Å². The van der Waals surface area contributed by atoms with Crippen LogP contribution >= 0.6 is 12.4 Å². The third kappa shape index (κ3) is 2.83. The van der Waals surface area contributed by atoms with Crippen LogP contribution in [0.2, 0.25) is 0 Å². The Bertz CT molecular complexity index is 684. The molecule has 1 aliphatic rings. The number of carbonyl (C=O) groups is 1. The van der Waals surface area contributed by atoms with E-state index in [9.17, 15) is 4.79 Å². The topological polar surface area (TPSA) is 55.1 Å². The Kier molecular flexibility index (Phi) is 5.68. The van der Waals surface area contributed by atoms with Gasteiger partial charge < -0.3 is 11.1 Å². The van der Waals surface area contributed by atoms with Crippen molar-refractivity contribution in [3.63, 3.8) is 0 Å². The molecule has 0 heterocycles. The van der Waals surface area contributed by atoms with Gasteiger partial charge in [0.05, 0.1) is 5.41 Å². The molecule has 3 N–H and O–H groups in total. The molecular formula is C20H25ClN2O. The molecular weight excluding hydrogens is 320 g/mol. The molecule has 1 atom stereocenters. The van der Waals surface area contributed by atoms with E-state index >= 15 is 0 Å². The Balaban J connectivity index is 0.00000208. The highest BCUT2D eigenvalue weighted by molar-refractivity contribution is 5.99. The van der Waals surface area contributed by atoms with Crippen molar-refractivity contribution in [3.05, 3.63) is 59.7 Å². The van der Waals surface area contributed by atoms with Crippen LogP contribution in [0.15, 0.2) is 48.5 Å². The van der Waals surface area contributed by atoms with Crippen LogP contribution in [0.25, 0.3) is 11.1 Å². The van der Waals surface area contributed by atoms with E-state index in [4.69, 9.17) is 5.73 Å². The van der Waals surface area contributed by atoms with Gasteiger partial charge in [-0.25, -0.2) is 0 Å². The second-order valence-electron chi connectivity index (χ2n) is 6.36. The first-order valence-corrected chi connectivity index (χ1v) is 8.34. The van der Waals surface area contributed by atoms with E-state index in [-0.39, 0.29) is 18.3 Å². The van der Waals surface area contributed by atoms with Gasteiger partial charge in [0.15, 0.2) is 0 Å². The minimum absolute atomic E-state index is 0. The van der Waals surface area contributed by atoms with Gasteiger partial charge in [-0.2, -0.15) is 0 Å². The zero-order valence-electron chi connectivity index (χ0n) is 14.2. The number of hydrogen-bond acceptors (Lipinski definition) is 2. The fourth-order valence-corrected chi connectivity index (χ4v) is 3.87. The molecule has 128 valence electrons. The largest absolute Gasteiger partial charge is 0.369 e. The van der Waals surface area contributed by atoms with Crippen LogP contribution in [-0.4, -0.2) is 18.5 Å². The number of fused-ring (bicyclic) bond motifs is 3. The maximum Gasteiger partial charge on any atom is 0.232 e. The Morgan fingerprint density at radius 1 is 1.08 bits per heavy atom. The fraction of sp³-hybridized carbons (Fsp3) is 0.350. The van der Waals surface area contributed by atoms with Gasteiger partial charge in [-0.1, -0.05) is 55.5 Å². The van der Waals surface area contributed by atoms with Crippen LogP contribution in [0.5, 0.6) is 0 Å². The SMILES string of the molecule is CCNC(C)CCC1(C(N)=O)c2ccccc2-c2ccccc21.Cl. The van der Waals surface area contributed by atoms with Crippen LogP contribution < -0.4 is 11.1 Å². The Hall–Kier alpha value is -1.84. The second-order valence-corrected chi connectivity index (χ2v) is 6.36. The van der Waals surface area contributed by atoms with Crippen molar-refractivity contribution < 1.29 is 4.79 Å². The first-order chi connectivity index (χ1) is 11.1. The van der Waals surface area contributed by atoms with Gasteiger partial charge in [-0.15, -0.1) is 12.4 Å². The normalized spacial score (nSPS) is 15.1. The van der Waals surface area contributed by atoms with Gasteiger partial charge in [-0.3, -0.25) is 4.79 Å². The van der Waals surface area contributed by atoms with Crippen molar-refractivity contribution in [1.29, 1.82) is 0 Å². The zero-order valence-corrected chi connectivity index (χ0v) is 15.0. The highest BCUT2D eigenvalue weighted by Gasteiger charge is 2.47. The molecule has 0 fully saturated rings. The molecule has 2 aromatic carbocycles. The molecule has 24 heavy (non-hydrogen) atoms. The van der Waals surface area contributed by atoms with E-state index in [0.29, 0.717) is 6.04 Å². The molecule has 3 nitrogen and oxygen atoms in total. The molecule has 1 aliphatic carbocycles. The van der Waals surface area contributed by atoms with E-state index in [1.807, 2.05) is 24.3 Å². The summed E-state index contributed by atoms with van der Waals surface area (Å²) in [5.41, 5.74) is 9.63. The molecule has 0 spiro atoms. The molecule has 0 saturated heterocycles. The number of hydrogen-bond donors (Lipinski definition) is 2. The first kappa shape index (κ1) is 18.5. The zero-order chi connectivity index (χ0) is 16.4. The number of nitrogens with two attached hydrogens (primary N) is 1. The van der Waals surface area contributed by atoms with Gasteiger partial charge in [-0.05, 0) is 48.6 Å². The molecule has 2 aromatic rings. The summed E-state index contributed by atoms with van der Waals surface area (Å²) in [7, 11) is 0. The quantitative estimate of drug-likeness (QED) is 0.840. The summed E-state index contributed by atoms with van der Waals surface area (Å²) in [5, 5.41) is 3.42. The van der Waals surface area contributed by atoms with Crippen molar-refractivity contribution in [2.75, 3.05) is 6.54 Å². The second kappa shape index (κ2) is 7.37. The summed E-state index contributed by atoms with van der Waals surface area (Å²) in [6.07, 6.45) is 1.63. The molecule has 0 radical (unpaired) electrons. The molecule has 1 amide bonds. The van der Waals surface area contributed by atoms with Gasteiger partial charge in [0, 0.05) is 6.04 Å². The highest BCUT2D eigenvalue weighted by Crippen LogP contribution is 2.51. The molecule has 0 saturated carbocycles. The fourth-order valence-electron chi connectivity index (χ4n) is 3.87. The van der Waals surface area contributed by atoms with Crippen LogP contribution in [0.1, 0.15) is 37.8 Å². The maximum absolute atomic E-state index is 12.6. The molecule has 1 unspecified atom stereocenters. The van der Waals surface area contributed by atoms with E-state index in [1.165, 1.54) is 0 Å². The monoisotopic (exact) mass is 344 g/mol. The van der Waals surface area contributed by atoms with Crippen molar-refractivity contribution in [2.45, 2.75) is 38.1 Å². The number of amides is 1. The highest BCUT2D eigenvalue weighted by atomic mass is 35.5. The lowest BCUT2D eigenvalue weighted by Crippen LogP contribution is -2.42. The minimum Gasteiger partial charge on any atom is -0.369 e. The van der Waals surface area contributed by atoms with E-state index in [2.05, 4.69) is 43.4 Å². The molecule has 0 aromatic heterocycles. The summed E-state index contributed by atoms with van der Waals surface area (Å²) >= 11 is 0. The first-order valence-electron chi connectivity index (χ1n) is 8.34. The van der Waals surface area contributed by atoms with Crippen molar-refractivity contribution >= 4 is 18.3 Å². The lowest BCUT2D eigenvalue weighted by atomic mass is 9.73. The summed E-state index contributed by atoms with van der Waals surface area (Å²) in [6, 6.07) is 16.7. The Morgan fingerprint density at radius 2 is 1.58 bits per heavy atom. The summed E-state index contributed by atoms with van der Waals surface area (Å²) in [6.45, 7) is 5.18. The predicted molar refractivity (Wildman–Crippen MR) is 101 cm³/mol. The minimum atomic E-state index is -0.711. The van der Waals surface area contributed by atoms with Crippen LogP contribution in [0, 0.1) is 0 Å². The number of primary amides is 1. The maximum atomic E-state index is 12.6. The molecule has 4 heteroatoms. The summed E-state index contributed by atoms with van der Waals surface area (Å²) < 4.78 is 0. The summed E-state index contributed by atoms with van der Waals surface area (Å²) in [5.74, 6) is -0.251. The van der Waals surface area contributed by atoms with E-state index in [1.54, 1.807) is 0 Å². The van der Waals surface area contributed by atoms with Crippen molar-refractivity contribution in [2.24, 2.45) is 5.73 Å². The average Bonchev–Trinajstić information content (AvgIpc) is 2.85. The molecule has 0 bridgehead atoms. The number of carbonyl (C=O) groups excluding carboxylic acids is 1. The van der Waals surface area contributed by atoms with Gasteiger partial charge >= 0.3 is 0 Å². The van der Waals surface area contributed by atoms with Gasteiger partial charge in [0.25, 0.3) is 0 Å². The van der Waals surface area contributed by atoms with Gasteiger partial charge in [0.1, 0.15) is 0 Å². The lowest BCUT2D eigenvalue weighted by molar-refractivity contribution is -0.122. The van der Waals surface area contributed by atoms with E-state index < -0.39 is 5.41 Å². The van der Waals surface area contributed by atoms with Crippen molar-refractivity contribution in [3.8, 4) is 11.1 Å². The third-order valence-corrected chi connectivity index (χ3v) is 4.99. The smallest absolute Gasteiger partial charge is 0.232 e. The summed E-state index contributed by atoms with van der Waals surface area (Å²) in [4.78, 5) is 12.6. The number of nitrogens with one attached hydrogen (secondary N) is 1.